The summed E-state index contributed by atoms with van der Waals surface area (Å²) in [5.74, 6) is -0.283. The highest BCUT2D eigenvalue weighted by atomic mass is 16.2. The van der Waals surface area contributed by atoms with Crippen LogP contribution in [-0.4, -0.2) is 23.9 Å². The molecule has 4 heteroatoms. The molecule has 0 aromatic heterocycles. The molecular formula is C14H24N2O2. The van der Waals surface area contributed by atoms with Gasteiger partial charge in [0.1, 0.15) is 0 Å². The minimum Gasteiger partial charge on any atom is -0.303 e. The van der Waals surface area contributed by atoms with Crippen molar-refractivity contribution in [1.29, 1.82) is 0 Å². The number of carbonyl (C=O) groups excluding carboxylic acids is 2. The summed E-state index contributed by atoms with van der Waals surface area (Å²) in [6.07, 6.45) is 7.06. The van der Waals surface area contributed by atoms with Gasteiger partial charge in [-0.3, -0.25) is 14.9 Å². The van der Waals surface area contributed by atoms with Crippen molar-refractivity contribution in [2.75, 3.05) is 0 Å². The molecule has 2 fully saturated rings. The lowest BCUT2D eigenvalue weighted by molar-refractivity contribution is -0.134. The topological polar surface area (TPSA) is 58.2 Å². The molecule has 0 aromatic rings. The number of hydrogen-bond donors (Lipinski definition) is 2. The first-order chi connectivity index (χ1) is 8.46. The predicted octanol–water partition coefficient (Wildman–Crippen LogP) is 1.74. The third kappa shape index (κ3) is 3.55. The van der Waals surface area contributed by atoms with Crippen LogP contribution in [0.1, 0.15) is 58.8 Å². The second-order valence-corrected chi connectivity index (χ2v) is 6.46. The molecule has 2 N–H and O–H groups in total. The van der Waals surface area contributed by atoms with Crippen molar-refractivity contribution in [2.24, 2.45) is 5.41 Å². The quantitative estimate of drug-likeness (QED) is 0.581. The first kappa shape index (κ1) is 13.5. The fourth-order valence-electron chi connectivity index (χ4n) is 2.97. The molecule has 0 aromatic carbocycles. The zero-order valence-electron chi connectivity index (χ0n) is 11.4. The Balaban J connectivity index is 1.86. The summed E-state index contributed by atoms with van der Waals surface area (Å²) in [7, 11) is 0. The van der Waals surface area contributed by atoms with Crippen LogP contribution in [0, 0.1) is 5.41 Å². The van der Waals surface area contributed by atoms with E-state index in [2.05, 4.69) is 24.5 Å². The van der Waals surface area contributed by atoms with Crippen molar-refractivity contribution >= 4 is 11.8 Å². The average Bonchev–Trinajstić information content (AvgIpc) is 2.44. The van der Waals surface area contributed by atoms with Gasteiger partial charge in [-0.1, -0.05) is 20.3 Å². The van der Waals surface area contributed by atoms with Gasteiger partial charge in [-0.2, -0.15) is 0 Å². The highest BCUT2D eigenvalue weighted by Crippen LogP contribution is 2.33. The molecule has 2 unspecified atom stereocenters. The molecule has 1 saturated carbocycles. The Bertz CT molecular complexity index is 339. The van der Waals surface area contributed by atoms with E-state index in [1.807, 2.05) is 0 Å². The molecule has 2 aliphatic rings. The van der Waals surface area contributed by atoms with Crippen molar-refractivity contribution in [1.82, 2.24) is 10.6 Å². The summed E-state index contributed by atoms with van der Waals surface area (Å²) in [6, 6.07) is 0.254. The maximum absolute atomic E-state index is 11.7. The largest absolute Gasteiger partial charge is 0.303 e. The van der Waals surface area contributed by atoms with Crippen molar-refractivity contribution in [2.45, 2.75) is 70.9 Å². The molecule has 1 heterocycles. The number of amides is 2. The minimum atomic E-state index is -0.172. The van der Waals surface area contributed by atoms with Gasteiger partial charge in [0, 0.05) is 12.5 Å². The van der Waals surface area contributed by atoms with Gasteiger partial charge in [0.2, 0.25) is 11.8 Å². The van der Waals surface area contributed by atoms with Gasteiger partial charge in [0.05, 0.1) is 6.04 Å². The smallest absolute Gasteiger partial charge is 0.243 e. The van der Waals surface area contributed by atoms with Gasteiger partial charge in [0.15, 0.2) is 0 Å². The van der Waals surface area contributed by atoms with Crippen LogP contribution in [0.5, 0.6) is 0 Å². The van der Waals surface area contributed by atoms with E-state index in [1.165, 1.54) is 19.3 Å². The van der Waals surface area contributed by atoms with Gasteiger partial charge >= 0.3 is 0 Å². The molecule has 18 heavy (non-hydrogen) atoms. The van der Waals surface area contributed by atoms with Crippen LogP contribution in [0.3, 0.4) is 0 Å². The molecular weight excluding hydrogens is 228 g/mol. The van der Waals surface area contributed by atoms with Crippen LogP contribution in [0.15, 0.2) is 0 Å². The third-order valence-corrected chi connectivity index (χ3v) is 4.25. The van der Waals surface area contributed by atoms with E-state index in [0.29, 0.717) is 24.3 Å². The lowest BCUT2D eigenvalue weighted by Crippen LogP contribution is -2.53. The Hall–Kier alpha value is -0.900. The highest BCUT2D eigenvalue weighted by Gasteiger charge is 2.30. The van der Waals surface area contributed by atoms with Crippen molar-refractivity contribution in [3.63, 3.8) is 0 Å². The minimum absolute atomic E-state index is 0.139. The van der Waals surface area contributed by atoms with Crippen LogP contribution in [0.25, 0.3) is 0 Å². The van der Waals surface area contributed by atoms with Crippen LogP contribution >= 0.6 is 0 Å². The van der Waals surface area contributed by atoms with Crippen LogP contribution in [-0.2, 0) is 9.59 Å². The number of hydrogen-bond acceptors (Lipinski definition) is 3. The number of imide groups is 1. The van der Waals surface area contributed by atoms with E-state index in [0.717, 1.165) is 12.8 Å². The molecule has 2 atom stereocenters. The number of piperidine rings is 1. The molecule has 102 valence electrons. The Kier molecular flexibility index (Phi) is 4.05. The molecule has 1 saturated heterocycles. The van der Waals surface area contributed by atoms with E-state index >= 15 is 0 Å². The maximum atomic E-state index is 11.7. The first-order valence-electron chi connectivity index (χ1n) is 7.06. The first-order valence-corrected chi connectivity index (χ1v) is 7.06. The Morgan fingerprint density at radius 2 is 1.94 bits per heavy atom. The Morgan fingerprint density at radius 1 is 1.17 bits per heavy atom. The number of rotatable bonds is 2. The molecule has 0 spiro atoms. The van der Waals surface area contributed by atoms with Gasteiger partial charge in [-0.05, 0) is 37.5 Å². The number of nitrogens with one attached hydrogen (secondary N) is 2. The fourth-order valence-corrected chi connectivity index (χ4v) is 2.97. The van der Waals surface area contributed by atoms with E-state index in [9.17, 15) is 9.59 Å². The van der Waals surface area contributed by atoms with Crippen molar-refractivity contribution in [3.05, 3.63) is 0 Å². The molecule has 0 radical (unpaired) electrons. The molecule has 1 aliphatic heterocycles. The van der Waals surface area contributed by atoms with Gasteiger partial charge in [0.25, 0.3) is 0 Å². The predicted molar refractivity (Wildman–Crippen MR) is 70.0 cm³/mol. The molecule has 2 amide bonds. The standard InChI is InChI=1S/C14H24N2O2/c1-14(2)8-3-4-10(7-9-14)15-11-5-6-12(17)16-13(11)18/h10-11,15H,3-9H2,1-2H3,(H,16,17,18). The van der Waals surface area contributed by atoms with Crippen LogP contribution < -0.4 is 10.6 Å². The summed E-state index contributed by atoms with van der Waals surface area (Å²) >= 11 is 0. The summed E-state index contributed by atoms with van der Waals surface area (Å²) in [4.78, 5) is 22.8. The lowest BCUT2D eigenvalue weighted by atomic mass is 9.85. The third-order valence-electron chi connectivity index (χ3n) is 4.25. The second-order valence-electron chi connectivity index (χ2n) is 6.46. The van der Waals surface area contributed by atoms with E-state index in [4.69, 9.17) is 0 Å². The summed E-state index contributed by atoms with van der Waals surface area (Å²) < 4.78 is 0. The molecule has 0 bridgehead atoms. The van der Waals surface area contributed by atoms with Gasteiger partial charge < -0.3 is 5.32 Å². The van der Waals surface area contributed by atoms with E-state index < -0.39 is 0 Å². The zero-order chi connectivity index (χ0) is 13.2. The Morgan fingerprint density at radius 3 is 2.67 bits per heavy atom. The summed E-state index contributed by atoms with van der Waals surface area (Å²) in [5.41, 5.74) is 0.432. The molecule has 2 rings (SSSR count). The van der Waals surface area contributed by atoms with E-state index in [1.54, 1.807) is 0 Å². The molecule has 4 nitrogen and oxygen atoms in total. The van der Waals surface area contributed by atoms with E-state index in [-0.39, 0.29) is 17.9 Å². The second kappa shape index (κ2) is 5.39. The van der Waals surface area contributed by atoms with Crippen molar-refractivity contribution in [3.8, 4) is 0 Å². The fraction of sp³-hybridized carbons (Fsp3) is 0.857. The van der Waals surface area contributed by atoms with Gasteiger partial charge in [-0.25, -0.2) is 0 Å². The summed E-state index contributed by atoms with van der Waals surface area (Å²) in [5, 5.41) is 5.85. The number of carbonyl (C=O) groups is 2. The lowest BCUT2D eigenvalue weighted by Gasteiger charge is -2.27. The zero-order valence-corrected chi connectivity index (χ0v) is 11.4. The van der Waals surface area contributed by atoms with Crippen LogP contribution in [0.2, 0.25) is 0 Å². The SMILES string of the molecule is CC1(C)CCCC(NC2CCC(=O)NC2=O)CC1. The normalized spacial score (nSPS) is 32.8. The van der Waals surface area contributed by atoms with Gasteiger partial charge in [-0.15, -0.1) is 0 Å². The Labute approximate surface area is 109 Å². The average molecular weight is 252 g/mol. The van der Waals surface area contributed by atoms with Crippen molar-refractivity contribution < 1.29 is 9.59 Å². The van der Waals surface area contributed by atoms with Crippen LogP contribution in [0.4, 0.5) is 0 Å². The highest BCUT2D eigenvalue weighted by molar-refractivity contribution is 6.00. The molecule has 1 aliphatic carbocycles. The maximum Gasteiger partial charge on any atom is 0.243 e. The summed E-state index contributed by atoms with van der Waals surface area (Å²) in [6.45, 7) is 4.64. The monoisotopic (exact) mass is 252 g/mol.